The molecule has 0 aromatic heterocycles. The zero-order chi connectivity index (χ0) is 14.0. The van der Waals surface area contributed by atoms with Crippen molar-refractivity contribution in [1.29, 1.82) is 0 Å². The molecule has 1 aromatic carbocycles. The van der Waals surface area contributed by atoms with Gasteiger partial charge in [-0.25, -0.2) is 8.42 Å². The number of nitrogens with one attached hydrogen (secondary N) is 1. The lowest BCUT2D eigenvalue weighted by molar-refractivity contribution is -0.139. The summed E-state index contributed by atoms with van der Waals surface area (Å²) in [5.41, 5.74) is 0.571. The third-order valence-electron chi connectivity index (χ3n) is 3.31. The van der Waals surface area contributed by atoms with Crippen LogP contribution in [-0.4, -0.2) is 44.4 Å². The van der Waals surface area contributed by atoms with Crippen LogP contribution in [0.15, 0.2) is 30.3 Å². The maximum Gasteiger partial charge on any atom is 0.320 e. The van der Waals surface area contributed by atoms with Crippen LogP contribution in [0.5, 0.6) is 0 Å². The number of benzene rings is 1. The summed E-state index contributed by atoms with van der Waals surface area (Å²) in [6.07, 6.45) is 0.0921. The Morgan fingerprint density at radius 2 is 2.00 bits per heavy atom. The average Bonchev–Trinajstić information content (AvgIpc) is 2.89. The average molecular weight is 284 g/mol. The highest BCUT2D eigenvalue weighted by Crippen LogP contribution is 2.23. The molecule has 2 unspecified atom stereocenters. The number of rotatable bonds is 4. The van der Waals surface area contributed by atoms with Gasteiger partial charge in [-0.2, -0.15) is 0 Å². The Kier molecular flexibility index (Phi) is 3.77. The van der Waals surface area contributed by atoms with Gasteiger partial charge in [-0.05, 0) is 18.6 Å². The van der Waals surface area contributed by atoms with Gasteiger partial charge in [0.1, 0.15) is 6.04 Å². The first-order chi connectivity index (χ1) is 8.93. The molecule has 2 atom stereocenters. The van der Waals surface area contributed by atoms with Crippen LogP contribution < -0.4 is 9.62 Å². The molecule has 2 rings (SSSR count). The standard InChI is InChI=1S/C12H16N2O4S/c1-14(9-5-3-2-4-6-9)19(17,18)10-7-11(12(15)16)13-8-10/h2-6,10-11,13H,7-8H2,1H3,(H,15,16). The van der Waals surface area contributed by atoms with E-state index in [0.29, 0.717) is 5.69 Å². The van der Waals surface area contributed by atoms with E-state index in [4.69, 9.17) is 5.11 Å². The zero-order valence-electron chi connectivity index (χ0n) is 10.5. The number of carbonyl (C=O) groups is 1. The summed E-state index contributed by atoms with van der Waals surface area (Å²) in [4.78, 5) is 10.8. The molecule has 104 valence electrons. The fourth-order valence-corrected chi connectivity index (χ4v) is 3.73. The second-order valence-electron chi connectivity index (χ2n) is 4.50. The molecule has 7 heteroatoms. The van der Waals surface area contributed by atoms with Crippen LogP contribution in [0, 0.1) is 0 Å². The molecule has 19 heavy (non-hydrogen) atoms. The molecule has 0 saturated carbocycles. The maximum absolute atomic E-state index is 12.4. The van der Waals surface area contributed by atoms with Crippen molar-refractivity contribution >= 4 is 21.7 Å². The van der Waals surface area contributed by atoms with Crippen LogP contribution in [0.1, 0.15) is 6.42 Å². The number of aliphatic carboxylic acids is 1. The van der Waals surface area contributed by atoms with Crippen molar-refractivity contribution < 1.29 is 18.3 Å². The van der Waals surface area contributed by atoms with Gasteiger partial charge in [-0.15, -0.1) is 0 Å². The van der Waals surface area contributed by atoms with E-state index in [-0.39, 0.29) is 13.0 Å². The van der Waals surface area contributed by atoms with Crippen molar-refractivity contribution in [1.82, 2.24) is 5.32 Å². The fourth-order valence-electron chi connectivity index (χ4n) is 2.13. The third-order valence-corrected chi connectivity index (χ3v) is 5.49. The van der Waals surface area contributed by atoms with E-state index >= 15 is 0 Å². The SMILES string of the molecule is CN(c1ccccc1)S(=O)(=O)C1CNC(C(=O)O)C1. The number of hydrogen-bond donors (Lipinski definition) is 2. The molecule has 6 nitrogen and oxygen atoms in total. The number of anilines is 1. The number of carboxylic acids is 1. The van der Waals surface area contributed by atoms with Crippen LogP contribution in [0.4, 0.5) is 5.69 Å². The minimum absolute atomic E-state index is 0.0921. The minimum atomic E-state index is -3.55. The van der Waals surface area contributed by atoms with E-state index in [1.807, 2.05) is 6.07 Å². The van der Waals surface area contributed by atoms with Crippen molar-refractivity contribution in [2.45, 2.75) is 17.7 Å². The van der Waals surface area contributed by atoms with Gasteiger partial charge in [0.2, 0.25) is 10.0 Å². The number of carboxylic acid groups (broad SMARTS) is 1. The second kappa shape index (κ2) is 5.18. The summed E-state index contributed by atoms with van der Waals surface area (Å²) in [5.74, 6) is -1.01. The molecule has 1 aliphatic rings. The Morgan fingerprint density at radius 1 is 1.37 bits per heavy atom. The first-order valence-electron chi connectivity index (χ1n) is 5.92. The van der Waals surface area contributed by atoms with E-state index in [2.05, 4.69) is 5.32 Å². The van der Waals surface area contributed by atoms with E-state index < -0.39 is 27.3 Å². The smallest absolute Gasteiger partial charge is 0.320 e. The highest BCUT2D eigenvalue weighted by atomic mass is 32.2. The third kappa shape index (κ3) is 2.71. The predicted molar refractivity (Wildman–Crippen MR) is 71.6 cm³/mol. The first kappa shape index (κ1) is 13.8. The van der Waals surface area contributed by atoms with Crippen molar-refractivity contribution in [2.75, 3.05) is 17.9 Å². The lowest BCUT2D eigenvalue weighted by Crippen LogP contribution is -2.37. The molecule has 1 aliphatic heterocycles. The highest BCUT2D eigenvalue weighted by Gasteiger charge is 2.39. The van der Waals surface area contributed by atoms with Gasteiger partial charge in [0.25, 0.3) is 0 Å². The van der Waals surface area contributed by atoms with E-state index in [9.17, 15) is 13.2 Å². The van der Waals surface area contributed by atoms with Crippen LogP contribution >= 0.6 is 0 Å². The molecule has 1 saturated heterocycles. The van der Waals surface area contributed by atoms with Gasteiger partial charge >= 0.3 is 5.97 Å². The van der Waals surface area contributed by atoms with Gasteiger partial charge in [-0.3, -0.25) is 9.10 Å². The van der Waals surface area contributed by atoms with Gasteiger partial charge in [-0.1, -0.05) is 18.2 Å². The molecular formula is C12H16N2O4S. The van der Waals surface area contributed by atoms with Crippen LogP contribution in [0.25, 0.3) is 0 Å². The number of sulfonamides is 1. The molecule has 0 amide bonds. The first-order valence-corrected chi connectivity index (χ1v) is 7.42. The lowest BCUT2D eigenvalue weighted by Gasteiger charge is -2.23. The predicted octanol–water partition coefficient (Wildman–Crippen LogP) is 0.268. The van der Waals surface area contributed by atoms with Gasteiger partial charge in [0, 0.05) is 13.6 Å². The second-order valence-corrected chi connectivity index (χ2v) is 6.75. The normalized spacial score (nSPS) is 23.2. The molecule has 1 aromatic rings. The summed E-state index contributed by atoms with van der Waals surface area (Å²) in [6, 6.07) is 7.94. The van der Waals surface area contributed by atoms with Crippen LogP contribution in [0.2, 0.25) is 0 Å². The van der Waals surface area contributed by atoms with Crippen molar-refractivity contribution in [3.8, 4) is 0 Å². The van der Waals surface area contributed by atoms with Crippen LogP contribution in [0.3, 0.4) is 0 Å². The molecular weight excluding hydrogens is 268 g/mol. The molecule has 1 heterocycles. The fraction of sp³-hybridized carbons (Fsp3) is 0.417. The molecule has 0 radical (unpaired) electrons. The van der Waals surface area contributed by atoms with Crippen LogP contribution in [-0.2, 0) is 14.8 Å². The maximum atomic E-state index is 12.4. The highest BCUT2D eigenvalue weighted by molar-refractivity contribution is 7.93. The lowest BCUT2D eigenvalue weighted by atomic mass is 10.2. The van der Waals surface area contributed by atoms with Crippen molar-refractivity contribution in [2.24, 2.45) is 0 Å². The van der Waals surface area contributed by atoms with Gasteiger partial charge in [0.15, 0.2) is 0 Å². The largest absolute Gasteiger partial charge is 0.480 e. The monoisotopic (exact) mass is 284 g/mol. The zero-order valence-corrected chi connectivity index (χ0v) is 11.3. The quantitative estimate of drug-likeness (QED) is 0.828. The Balaban J connectivity index is 2.18. The van der Waals surface area contributed by atoms with Crippen molar-refractivity contribution in [3.05, 3.63) is 30.3 Å². The van der Waals surface area contributed by atoms with E-state index in [0.717, 1.165) is 0 Å². The topological polar surface area (TPSA) is 86.7 Å². The van der Waals surface area contributed by atoms with E-state index in [1.54, 1.807) is 24.3 Å². The Bertz CT molecular complexity index is 558. The minimum Gasteiger partial charge on any atom is -0.480 e. The number of para-hydroxylation sites is 1. The summed E-state index contributed by atoms with van der Waals surface area (Å²) in [6.45, 7) is 0.163. The Morgan fingerprint density at radius 3 is 2.53 bits per heavy atom. The number of nitrogens with zero attached hydrogens (tertiary/aromatic N) is 1. The molecule has 0 aliphatic carbocycles. The Labute approximate surface area is 112 Å². The summed E-state index contributed by atoms with van der Waals surface area (Å²) in [5, 5.41) is 10.9. The summed E-state index contributed by atoms with van der Waals surface area (Å²) < 4.78 is 26.0. The van der Waals surface area contributed by atoms with E-state index in [1.165, 1.54) is 11.4 Å². The van der Waals surface area contributed by atoms with Gasteiger partial charge < -0.3 is 10.4 Å². The molecule has 1 fully saturated rings. The summed E-state index contributed by atoms with van der Waals surface area (Å²) in [7, 11) is -2.07. The Hall–Kier alpha value is -1.60. The molecule has 0 spiro atoms. The molecule has 2 N–H and O–H groups in total. The van der Waals surface area contributed by atoms with Crippen molar-refractivity contribution in [3.63, 3.8) is 0 Å². The number of hydrogen-bond acceptors (Lipinski definition) is 4. The molecule has 0 bridgehead atoms. The summed E-state index contributed by atoms with van der Waals surface area (Å²) >= 11 is 0. The van der Waals surface area contributed by atoms with Gasteiger partial charge in [0.05, 0.1) is 10.9 Å².